The highest BCUT2D eigenvalue weighted by molar-refractivity contribution is 5.83. The first kappa shape index (κ1) is 14.3. The summed E-state index contributed by atoms with van der Waals surface area (Å²) in [5.41, 5.74) is 4.93. The first-order valence-corrected chi connectivity index (χ1v) is 7.09. The molecule has 2 fully saturated rings. The molecule has 0 spiro atoms. The molecule has 6 heteroatoms. The number of carbonyl (C=O) groups excluding carboxylic acids is 2. The van der Waals surface area contributed by atoms with E-state index >= 15 is 0 Å². The summed E-state index contributed by atoms with van der Waals surface area (Å²) in [6.45, 7) is -0.111. The van der Waals surface area contributed by atoms with Gasteiger partial charge in [0.1, 0.15) is 6.10 Å². The van der Waals surface area contributed by atoms with Gasteiger partial charge in [-0.15, -0.1) is 0 Å². The summed E-state index contributed by atoms with van der Waals surface area (Å²) >= 11 is 0. The number of primary amides is 1. The smallest absolute Gasteiger partial charge is 0.248 e. The number of rotatable bonds is 4. The molecule has 0 bridgehead atoms. The number of amides is 2. The van der Waals surface area contributed by atoms with Crippen LogP contribution in [0.15, 0.2) is 0 Å². The van der Waals surface area contributed by atoms with Crippen molar-refractivity contribution in [2.75, 3.05) is 6.54 Å². The number of aliphatic hydroxyl groups excluding tert-OH is 1. The third kappa shape index (κ3) is 3.67. The number of nitrogens with two attached hydrogens (primary N) is 1. The van der Waals surface area contributed by atoms with Crippen LogP contribution in [0, 0.1) is 5.92 Å². The van der Waals surface area contributed by atoms with E-state index in [2.05, 4.69) is 10.6 Å². The maximum atomic E-state index is 12.0. The van der Waals surface area contributed by atoms with E-state index in [1.165, 1.54) is 19.3 Å². The van der Waals surface area contributed by atoms with Gasteiger partial charge in [0.2, 0.25) is 11.8 Å². The summed E-state index contributed by atoms with van der Waals surface area (Å²) in [6.07, 6.45) is 5.50. The largest absolute Gasteiger partial charge is 0.381 e. The van der Waals surface area contributed by atoms with Crippen molar-refractivity contribution in [1.82, 2.24) is 10.6 Å². The van der Waals surface area contributed by atoms with Crippen LogP contribution >= 0.6 is 0 Å². The van der Waals surface area contributed by atoms with Gasteiger partial charge in [0.25, 0.3) is 0 Å². The molecule has 1 aliphatic heterocycles. The average Bonchev–Trinajstić information content (AvgIpc) is 2.43. The molecule has 0 aromatic heterocycles. The van der Waals surface area contributed by atoms with Crippen molar-refractivity contribution in [3.05, 3.63) is 0 Å². The minimum Gasteiger partial charge on any atom is -0.381 e. The van der Waals surface area contributed by atoms with E-state index in [9.17, 15) is 14.7 Å². The third-order valence-corrected chi connectivity index (χ3v) is 4.27. The maximum absolute atomic E-state index is 12.0. The number of aliphatic hydroxyl groups is 1. The molecule has 0 aromatic rings. The molecule has 108 valence electrons. The summed E-state index contributed by atoms with van der Waals surface area (Å²) in [5, 5.41) is 15.2. The highest BCUT2D eigenvalue weighted by atomic mass is 16.3. The van der Waals surface area contributed by atoms with Crippen LogP contribution in [0.3, 0.4) is 0 Å². The summed E-state index contributed by atoms with van der Waals surface area (Å²) in [5.74, 6) is -0.261. The van der Waals surface area contributed by atoms with Gasteiger partial charge in [0, 0.05) is 6.04 Å². The molecule has 2 rings (SSSR count). The lowest BCUT2D eigenvalue weighted by Gasteiger charge is -2.39. The monoisotopic (exact) mass is 269 g/mol. The Balaban J connectivity index is 1.78. The Morgan fingerprint density at radius 1 is 1.26 bits per heavy atom. The lowest BCUT2D eigenvalue weighted by Crippen LogP contribution is -2.56. The second-order valence-corrected chi connectivity index (χ2v) is 5.61. The van der Waals surface area contributed by atoms with Gasteiger partial charge in [-0.1, -0.05) is 12.8 Å². The van der Waals surface area contributed by atoms with Gasteiger partial charge in [0.05, 0.1) is 12.6 Å². The number of carbonyl (C=O) groups is 2. The van der Waals surface area contributed by atoms with Crippen molar-refractivity contribution < 1.29 is 14.7 Å². The number of piperidine rings is 1. The molecule has 6 nitrogen and oxygen atoms in total. The van der Waals surface area contributed by atoms with Crippen molar-refractivity contribution in [1.29, 1.82) is 0 Å². The molecule has 0 radical (unpaired) electrons. The molecular formula is C13H23N3O3. The molecule has 19 heavy (non-hydrogen) atoms. The Labute approximate surface area is 113 Å². The summed E-state index contributed by atoms with van der Waals surface area (Å²) in [4.78, 5) is 22.6. The van der Waals surface area contributed by atoms with Crippen molar-refractivity contribution in [2.24, 2.45) is 11.7 Å². The molecule has 2 amide bonds. The van der Waals surface area contributed by atoms with E-state index in [4.69, 9.17) is 5.73 Å². The van der Waals surface area contributed by atoms with Crippen LogP contribution in [0.1, 0.15) is 38.5 Å². The first-order chi connectivity index (χ1) is 9.08. The SMILES string of the molecule is NC(=O)C(O)CNC(=O)C1CCC2CCCCC2N1. The lowest BCUT2D eigenvalue weighted by molar-refractivity contribution is -0.128. The zero-order chi connectivity index (χ0) is 13.8. The quantitative estimate of drug-likeness (QED) is 0.539. The fourth-order valence-corrected chi connectivity index (χ4v) is 3.12. The van der Waals surface area contributed by atoms with Gasteiger partial charge in [-0.2, -0.15) is 0 Å². The van der Waals surface area contributed by atoms with Crippen molar-refractivity contribution in [3.8, 4) is 0 Å². The number of hydrogen-bond donors (Lipinski definition) is 4. The van der Waals surface area contributed by atoms with Gasteiger partial charge in [0.15, 0.2) is 0 Å². The van der Waals surface area contributed by atoms with Crippen molar-refractivity contribution >= 4 is 11.8 Å². The van der Waals surface area contributed by atoms with Gasteiger partial charge in [-0.25, -0.2) is 0 Å². The minimum atomic E-state index is -1.31. The predicted molar refractivity (Wildman–Crippen MR) is 70.1 cm³/mol. The van der Waals surface area contributed by atoms with Gasteiger partial charge in [-0.05, 0) is 31.6 Å². The Hall–Kier alpha value is -1.14. The standard InChI is InChI=1S/C13H23N3O3/c14-12(18)11(17)7-15-13(19)10-6-5-8-3-1-2-4-9(8)16-10/h8-11,16-17H,1-7H2,(H2,14,18)(H,15,19). The Morgan fingerprint density at radius 3 is 2.74 bits per heavy atom. The van der Waals surface area contributed by atoms with Crippen LogP contribution in [0.4, 0.5) is 0 Å². The Kier molecular flexibility index (Phi) is 4.76. The molecule has 1 saturated carbocycles. The molecule has 1 aliphatic carbocycles. The summed E-state index contributed by atoms with van der Waals surface area (Å²) in [6, 6.07) is 0.235. The van der Waals surface area contributed by atoms with Crippen LogP contribution < -0.4 is 16.4 Å². The Morgan fingerprint density at radius 2 is 2.00 bits per heavy atom. The molecule has 4 unspecified atom stereocenters. The third-order valence-electron chi connectivity index (χ3n) is 4.27. The second kappa shape index (κ2) is 6.34. The van der Waals surface area contributed by atoms with E-state index in [1.54, 1.807) is 0 Å². The zero-order valence-corrected chi connectivity index (χ0v) is 11.1. The maximum Gasteiger partial charge on any atom is 0.248 e. The summed E-state index contributed by atoms with van der Waals surface area (Å²) in [7, 11) is 0. The fraction of sp³-hybridized carbons (Fsp3) is 0.846. The van der Waals surface area contributed by atoms with Crippen LogP contribution in [0.2, 0.25) is 0 Å². The highest BCUT2D eigenvalue weighted by Gasteiger charge is 2.34. The van der Waals surface area contributed by atoms with E-state index in [-0.39, 0.29) is 18.5 Å². The average molecular weight is 269 g/mol. The van der Waals surface area contributed by atoms with Crippen molar-refractivity contribution in [2.45, 2.75) is 56.7 Å². The number of nitrogens with one attached hydrogen (secondary N) is 2. The van der Waals surface area contributed by atoms with E-state index < -0.39 is 12.0 Å². The van der Waals surface area contributed by atoms with Gasteiger partial charge < -0.3 is 21.5 Å². The van der Waals surface area contributed by atoms with Crippen molar-refractivity contribution in [3.63, 3.8) is 0 Å². The topological polar surface area (TPSA) is 104 Å². The first-order valence-electron chi connectivity index (χ1n) is 7.09. The molecule has 0 aromatic carbocycles. The molecule has 5 N–H and O–H groups in total. The van der Waals surface area contributed by atoms with Crippen LogP contribution in [-0.4, -0.2) is 41.7 Å². The van der Waals surface area contributed by atoms with Gasteiger partial charge >= 0.3 is 0 Å². The zero-order valence-electron chi connectivity index (χ0n) is 11.1. The number of fused-ring (bicyclic) bond motifs is 1. The molecule has 4 atom stereocenters. The fourth-order valence-electron chi connectivity index (χ4n) is 3.12. The van der Waals surface area contributed by atoms with Crippen LogP contribution in [0.25, 0.3) is 0 Å². The van der Waals surface area contributed by atoms with E-state index in [0.717, 1.165) is 19.3 Å². The second-order valence-electron chi connectivity index (χ2n) is 5.61. The summed E-state index contributed by atoms with van der Waals surface area (Å²) < 4.78 is 0. The van der Waals surface area contributed by atoms with Gasteiger partial charge in [-0.3, -0.25) is 9.59 Å². The van der Waals surface area contributed by atoms with E-state index in [1.807, 2.05) is 0 Å². The number of hydrogen-bond acceptors (Lipinski definition) is 4. The molecule has 1 saturated heterocycles. The lowest BCUT2D eigenvalue weighted by atomic mass is 9.77. The minimum absolute atomic E-state index is 0.111. The Bertz CT molecular complexity index is 348. The van der Waals surface area contributed by atoms with E-state index in [0.29, 0.717) is 12.0 Å². The predicted octanol–water partition coefficient (Wildman–Crippen LogP) is -0.740. The van der Waals surface area contributed by atoms with Crippen LogP contribution in [0.5, 0.6) is 0 Å². The normalized spacial score (nSPS) is 32.2. The molecule has 1 heterocycles. The molecule has 2 aliphatic rings. The van der Waals surface area contributed by atoms with Crippen LogP contribution in [-0.2, 0) is 9.59 Å². The highest BCUT2D eigenvalue weighted by Crippen LogP contribution is 2.32. The molecular weight excluding hydrogens is 246 g/mol.